The van der Waals surface area contributed by atoms with Crippen LogP contribution in [0.15, 0.2) is 42.5 Å². The van der Waals surface area contributed by atoms with Crippen molar-refractivity contribution >= 4 is 17.5 Å². The zero-order valence-electron chi connectivity index (χ0n) is 9.41. The van der Waals surface area contributed by atoms with E-state index in [0.717, 1.165) is 16.7 Å². The first kappa shape index (κ1) is 11.7. The summed E-state index contributed by atoms with van der Waals surface area (Å²) in [6.45, 7) is 1.87. The first-order valence-electron chi connectivity index (χ1n) is 5.25. The average molecular weight is 246 g/mol. The number of hydrogen-bond donors (Lipinski definition) is 1. The number of primary amides is 1. The van der Waals surface area contributed by atoms with Crippen molar-refractivity contribution in [1.29, 1.82) is 0 Å². The predicted molar refractivity (Wildman–Crippen MR) is 70.1 cm³/mol. The van der Waals surface area contributed by atoms with Gasteiger partial charge in [0.15, 0.2) is 0 Å². The van der Waals surface area contributed by atoms with Crippen LogP contribution >= 0.6 is 11.6 Å². The molecule has 2 aromatic carbocycles. The Balaban J connectivity index is 2.65. The zero-order chi connectivity index (χ0) is 12.4. The second-order valence-electron chi connectivity index (χ2n) is 3.82. The van der Waals surface area contributed by atoms with Crippen LogP contribution in [0, 0.1) is 6.92 Å². The summed E-state index contributed by atoms with van der Waals surface area (Å²) >= 11 is 6.15. The largest absolute Gasteiger partial charge is 0.366 e. The third-order valence-electron chi connectivity index (χ3n) is 2.76. The van der Waals surface area contributed by atoms with Crippen molar-refractivity contribution in [2.24, 2.45) is 5.73 Å². The molecule has 0 bridgehead atoms. The SMILES string of the molecule is Cc1c(C(N)=O)cccc1-c1ccccc1Cl. The summed E-state index contributed by atoms with van der Waals surface area (Å²) in [6.07, 6.45) is 0. The average Bonchev–Trinajstić information content (AvgIpc) is 2.30. The van der Waals surface area contributed by atoms with E-state index in [2.05, 4.69) is 0 Å². The lowest BCUT2D eigenvalue weighted by atomic mass is 9.96. The third kappa shape index (κ3) is 2.17. The van der Waals surface area contributed by atoms with Gasteiger partial charge < -0.3 is 5.73 Å². The highest BCUT2D eigenvalue weighted by Gasteiger charge is 2.11. The minimum Gasteiger partial charge on any atom is -0.366 e. The number of benzene rings is 2. The van der Waals surface area contributed by atoms with Crippen LogP contribution < -0.4 is 5.73 Å². The summed E-state index contributed by atoms with van der Waals surface area (Å²) in [4.78, 5) is 11.3. The van der Waals surface area contributed by atoms with E-state index < -0.39 is 5.91 Å². The van der Waals surface area contributed by atoms with Gasteiger partial charge in [0.25, 0.3) is 0 Å². The van der Waals surface area contributed by atoms with Gasteiger partial charge in [-0.15, -0.1) is 0 Å². The minimum absolute atomic E-state index is 0.420. The van der Waals surface area contributed by atoms with Crippen molar-refractivity contribution in [2.75, 3.05) is 0 Å². The van der Waals surface area contributed by atoms with Crippen LogP contribution in [0.25, 0.3) is 11.1 Å². The summed E-state index contributed by atoms with van der Waals surface area (Å²) in [6, 6.07) is 13.0. The second kappa shape index (κ2) is 4.60. The van der Waals surface area contributed by atoms with Gasteiger partial charge >= 0.3 is 0 Å². The van der Waals surface area contributed by atoms with Crippen LogP contribution in [0.3, 0.4) is 0 Å². The topological polar surface area (TPSA) is 43.1 Å². The lowest BCUT2D eigenvalue weighted by molar-refractivity contribution is 0.1000. The number of amides is 1. The van der Waals surface area contributed by atoms with Crippen molar-refractivity contribution < 1.29 is 4.79 Å². The van der Waals surface area contributed by atoms with Gasteiger partial charge in [-0.3, -0.25) is 4.79 Å². The molecule has 2 rings (SSSR count). The Labute approximate surface area is 105 Å². The highest BCUT2D eigenvalue weighted by Crippen LogP contribution is 2.31. The maximum Gasteiger partial charge on any atom is 0.248 e. The predicted octanol–water partition coefficient (Wildman–Crippen LogP) is 3.41. The molecule has 0 spiro atoms. The molecule has 0 radical (unpaired) electrons. The van der Waals surface area contributed by atoms with Gasteiger partial charge in [-0.1, -0.05) is 41.9 Å². The second-order valence-corrected chi connectivity index (χ2v) is 4.23. The van der Waals surface area contributed by atoms with E-state index in [1.807, 2.05) is 43.3 Å². The Hall–Kier alpha value is -1.80. The minimum atomic E-state index is -0.420. The number of rotatable bonds is 2. The first-order valence-corrected chi connectivity index (χ1v) is 5.63. The molecule has 2 N–H and O–H groups in total. The fourth-order valence-electron chi connectivity index (χ4n) is 1.87. The van der Waals surface area contributed by atoms with Gasteiger partial charge in [0.05, 0.1) is 0 Å². The van der Waals surface area contributed by atoms with Crippen LogP contribution in [-0.4, -0.2) is 5.91 Å². The molecule has 2 aromatic rings. The van der Waals surface area contributed by atoms with E-state index in [9.17, 15) is 4.79 Å². The van der Waals surface area contributed by atoms with Gasteiger partial charge in [0, 0.05) is 16.1 Å². The standard InChI is InChI=1S/C14H12ClNO/c1-9-10(6-4-7-11(9)14(16)17)12-5-2-3-8-13(12)15/h2-8H,1H3,(H2,16,17). The van der Waals surface area contributed by atoms with Crippen LogP contribution in [-0.2, 0) is 0 Å². The molecule has 1 amide bonds. The Morgan fingerprint density at radius 1 is 1.06 bits per heavy atom. The molecule has 0 fully saturated rings. The molecule has 0 aliphatic rings. The number of carbonyl (C=O) groups is 1. The molecule has 0 aliphatic carbocycles. The fourth-order valence-corrected chi connectivity index (χ4v) is 2.11. The monoisotopic (exact) mass is 245 g/mol. The molecule has 0 atom stereocenters. The van der Waals surface area contributed by atoms with Gasteiger partial charge in [0.1, 0.15) is 0 Å². The van der Waals surface area contributed by atoms with Crippen LogP contribution in [0.4, 0.5) is 0 Å². The molecule has 0 heterocycles. The van der Waals surface area contributed by atoms with E-state index in [-0.39, 0.29) is 0 Å². The molecule has 0 saturated carbocycles. The Morgan fingerprint density at radius 2 is 1.71 bits per heavy atom. The number of carbonyl (C=O) groups excluding carboxylic acids is 1. The molecular formula is C14H12ClNO. The molecule has 86 valence electrons. The summed E-state index contributed by atoms with van der Waals surface area (Å²) in [5.41, 5.74) is 8.56. The maximum atomic E-state index is 11.3. The quantitative estimate of drug-likeness (QED) is 0.866. The Kier molecular flexibility index (Phi) is 3.16. The van der Waals surface area contributed by atoms with E-state index in [0.29, 0.717) is 10.6 Å². The molecular weight excluding hydrogens is 234 g/mol. The summed E-state index contributed by atoms with van der Waals surface area (Å²) < 4.78 is 0. The van der Waals surface area contributed by atoms with Crippen molar-refractivity contribution in [3.05, 3.63) is 58.6 Å². The highest BCUT2D eigenvalue weighted by atomic mass is 35.5. The summed E-state index contributed by atoms with van der Waals surface area (Å²) in [5, 5.41) is 0.664. The normalized spacial score (nSPS) is 10.2. The van der Waals surface area contributed by atoms with Crippen molar-refractivity contribution in [3.8, 4) is 11.1 Å². The third-order valence-corrected chi connectivity index (χ3v) is 3.09. The van der Waals surface area contributed by atoms with Crippen LogP contribution in [0.5, 0.6) is 0 Å². The molecule has 2 nitrogen and oxygen atoms in total. The van der Waals surface area contributed by atoms with Crippen molar-refractivity contribution in [2.45, 2.75) is 6.92 Å². The van der Waals surface area contributed by atoms with Gasteiger partial charge in [0.2, 0.25) is 5.91 Å². The Bertz CT molecular complexity index is 578. The van der Waals surface area contributed by atoms with Crippen molar-refractivity contribution in [1.82, 2.24) is 0 Å². The highest BCUT2D eigenvalue weighted by molar-refractivity contribution is 6.33. The van der Waals surface area contributed by atoms with E-state index in [4.69, 9.17) is 17.3 Å². The number of hydrogen-bond acceptors (Lipinski definition) is 1. The number of halogens is 1. The molecule has 0 aliphatic heterocycles. The molecule has 0 unspecified atom stereocenters. The van der Waals surface area contributed by atoms with Crippen LogP contribution in [0.1, 0.15) is 15.9 Å². The van der Waals surface area contributed by atoms with E-state index in [1.165, 1.54) is 0 Å². The van der Waals surface area contributed by atoms with Gasteiger partial charge in [-0.05, 0) is 30.2 Å². The van der Waals surface area contributed by atoms with Crippen LogP contribution in [0.2, 0.25) is 5.02 Å². The van der Waals surface area contributed by atoms with Gasteiger partial charge in [-0.25, -0.2) is 0 Å². The zero-order valence-corrected chi connectivity index (χ0v) is 10.2. The molecule has 0 saturated heterocycles. The number of nitrogens with two attached hydrogens (primary N) is 1. The smallest absolute Gasteiger partial charge is 0.248 e. The molecule has 17 heavy (non-hydrogen) atoms. The van der Waals surface area contributed by atoms with Gasteiger partial charge in [-0.2, -0.15) is 0 Å². The molecule has 0 aromatic heterocycles. The lowest BCUT2D eigenvalue weighted by Gasteiger charge is -2.10. The summed E-state index contributed by atoms with van der Waals surface area (Å²) in [5.74, 6) is -0.420. The van der Waals surface area contributed by atoms with Crippen molar-refractivity contribution in [3.63, 3.8) is 0 Å². The van der Waals surface area contributed by atoms with E-state index in [1.54, 1.807) is 6.07 Å². The molecule has 3 heteroatoms. The fraction of sp³-hybridized carbons (Fsp3) is 0.0714. The Morgan fingerprint density at radius 3 is 2.35 bits per heavy atom. The van der Waals surface area contributed by atoms with E-state index >= 15 is 0 Å². The summed E-state index contributed by atoms with van der Waals surface area (Å²) in [7, 11) is 0. The first-order chi connectivity index (χ1) is 8.11. The maximum absolute atomic E-state index is 11.3. The lowest BCUT2D eigenvalue weighted by Crippen LogP contribution is -2.12.